The molecule has 0 spiro atoms. The molecule has 12 aromatic rings. The third-order valence-corrected chi connectivity index (χ3v) is 8.96. The Morgan fingerprint density at radius 2 is 0.408 bits per heavy atom. The fraction of sp³-hybridized carbons (Fsp3) is 0.0385. The van der Waals surface area contributed by atoms with E-state index in [0.717, 1.165) is 13.8 Å². The van der Waals surface area contributed by atoms with Crippen LogP contribution in [0.2, 0.25) is 0 Å². The number of carboxylic acid groups (broad SMARTS) is 2. The summed E-state index contributed by atoms with van der Waals surface area (Å²) < 4.78 is 0. The van der Waals surface area contributed by atoms with E-state index in [-0.39, 0.29) is 164 Å². The number of aromatic nitrogens is 20. The molecular formula is C52H40Dy4N24O18. The van der Waals surface area contributed by atoms with Crippen LogP contribution in [0.1, 0.15) is 13.8 Å². The molecule has 0 fully saturated rings. The van der Waals surface area contributed by atoms with Gasteiger partial charge in [-0.05, 0) is 134 Å². The van der Waals surface area contributed by atoms with E-state index >= 15 is 0 Å². The monoisotopic (exact) mass is 1940 g/mol. The molecule has 0 aliphatic rings. The second-order valence-corrected chi connectivity index (χ2v) is 15.4. The first kappa shape index (κ1) is 94.9. The minimum Gasteiger partial charge on any atom is -0.870 e. The molecule has 0 aliphatic carbocycles. The molecule has 2 N–H and O–H groups in total. The number of carbonyl (C=O) groups excluding carboxylic acids is 2. The first-order chi connectivity index (χ1) is 44.1. The van der Waals surface area contributed by atoms with Crippen molar-refractivity contribution in [2.24, 2.45) is 0 Å². The number of carboxylic acids is 2. The Labute approximate surface area is 670 Å². The number of carbonyl (C=O) groups is 2. The summed E-state index contributed by atoms with van der Waals surface area (Å²) in [5, 5.41) is 109. The molecule has 0 saturated carbocycles. The van der Waals surface area contributed by atoms with E-state index in [1.54, 1.807) is 49.6 Å². The molecular weight excluding hydrogens is 1900 g/mol. The van der Waals surface area contributed by atoms with Crippen LogP contribution in [0, 0.1) is 214 Å². The van der Waals surface area contributed by atoms with Crippen LogP contribution in [0.15, 0.2) is 195 Å². The molecule has 0 aliphatic heterocycles. The van der Waals surface area contributed by atoms with E-state index in [1.807, 2.05) is 146 Å². The maximum Gasteiger partial charge on any atom is 3.00 e. The number of hydrogen-bond donors (Lipinski definition) is 0. The van der Waals surface area contributed by atoms with Crippen molar-refractivity contribution >= 4 is 11.9 Å². The Hall–Kier alpha value is -9.49. The maximum absolute atomic E-state index is 8.89. The molecule has 0 unspecified atom stereocenters. The van der Waals surface area contributed by atoms with Gasteiger partial charge in [-0.3, -0.25) is 60.3 Å². The third kappa shape index (κ3) is 42.1. The molecule has 0 amide bonds. The molecule has 98 heavy (non-hydrogen) atoms. The van der Waals surface area contributed by atoms with E-state index in [4.69, 9.17) is 81.1 Å². The van der Waals surface area contributed by atoms with Gasteiger partial charge in [0.1, 0.15) is 0 Å². The van der Waals surface area contributed by atoms with Crippen molar-refractivity contribution in [2.75, 3.05) is 0 Å². The van der Waals surface area contributed by atoms with Crippen LogP contribution in [0.4, 0.5) is 0 Å². The summed E-state index contributed by atoms with van der Waals surface area (Å²) in [6.07, 6.45) is 13.6. The van der Waals surface area contributed by atoms with Crippen LogP contribution in [0.3, 0.4) is 0 Å². The van der Waals surface area contributed by atoms with Crippen molar-refractivity contribution in [3.63, 3.8) is 0 Å². The summed E-state index contributed by atoms with van der Waals surface area (Å²) in [7, 11) is 0. The minimum atomic E-state index is -1.75. The van der Waals surface area contributed by atoms with Crippen molar-refractivity contribution in [3.8, 4) is 92.1 Å². The van der Waals surface area contributed by atoms with Crippen LogP contribution < -0.4 is 30.6 Å². The molecule has 42 nitrogen and oxygen atoms in total. The molecule has 516 valence electrons. The summed E-state index contributed by atoms with van der Waals surface area (Å²) >= 11 is 0. The van der Waals surface area contributed by atoms with Crippen LogP contribution in [0.25, 0.3) is 92.1 Å². The van der Waals surface area contributed by atoms with Crippen molar-refractivity contribution in [1.29, 1.82) is 0 Å². The van der Waals surface area contributed by atoms with Crippen LogP contribution in [-0.2, 0) is 9.59 Å². The Kier molecular flexibility index (Phi) is 53.9. The van der Waals surface area contributed by atoms with E-state index in [0.29, 0.717) is 92.1 Å². The third-order valence-electron chi connectivity index (χ3n) is 8.96. The smallest absolute Gasteiger partial charge is 0.870 e. The normalized spacial score (nSPS) is 8.67. The summed E-state index contributed by atoms with van der Waals surface area (Å²) in [6.45, 7) is 1.94. The number of pyridine rings is 8. The number of nitrogens with zero attached hydrogens (tertiary/aromatic N) is 24. The van der Waals surface area contributed by atoms with Crippen LogP contribution in [-0.4, -0.2) is 123 Å². The molecule has 46 heteroatoms. The maximum atomic E-state index is 8.89. The zero-order valence-electron chi connectivity index (χ0n) is 48.9. The van der Waals surface area contributed by atoms with Gasteiger partial charge in [-0.2, -0.15) is 0 Å². The zero-order valence-corrected chi connectivity index (χ0v) is 57.0. The second kappa shape index (κ2) is 55.6. The average Bonchev–Trinajstić information content (AvgIpc) is 1.73. The molecule has 0 aromatic carbocycles. The van der Waals surface area contributed by atoms with Crippen molar-refractivity contribution < 1.29 is 204 Å². The van der Waals surface area contributed by atoms with Gasteiger partial charge in [0.25, 0.3) is 0 Å². The fourth-order valence-corrected chi connectivity index (χ4v) is 5.79. The van der Waals surface area contributed by atoms with Gasteiger partial charge in [0.05, 0.1) is 89.2 Å². The van der Waals surface area contributed by atoms with E-state index in [1.165, 1.54) is 0 Å². The summed E-state index contributed by atoms with van der Waals surface area (Å²) in [5.74, 6) is 1.99. The van der Waals surface area contributed by atoms with E-state index < -0.39 is 32.3 Å². The van der Waals surface area contributed by atoms with Gasteiger partial charge in [-0.1, -0.05) is 48.5 Å². The average molecular weight is 1940 g/mol. The van der Waals surface area contributed by atoms with Gasteiger partial charge in [-0.15, -0.1) is 0 Å². The van der Waals surface area contributed by atoms with Gasteiger partial charge in [0.15, 0.2) is 0 Å². The largest absolute Gasteiger partial charge is 3.00 e. The molecule has 12 rings (SSSR count). The second-order valence-electron chi connectivity index (χ2n) is 15.4. The molecule has 12 heterocycles. The van der Waals surface area contributed by atoms with Gasteiger partial charge < -0.3 is 132 Å². The number of hydrogen-bond acceptors (Lipinski definition) is 34. The summed E-state index contributed by atoms with van der Waals surface area (Å²) in [4.78, 5) is 101. The van der Waals surface area contributed by atoms with E-state index in [9.17, 15) is 0 Å². The van der Waals surface area contributed by atoms with Crippen LogP contribution in [0.5, 0.6) is 0 Å². The SMILES string of the molecule is CC(=O)[O-].CC(=O)[O-].O=[N+]([O-])[O-].O=[N+]([O-])[O-].O=[N+]([O-])[O-].O=[N+]([O-])[O-].[Dy+3].[Dy+3].[Dy+3].[Dy+3].[OH-].[OH-].c1ccc(-c2n[n-]c(-c3ccccn3)n2)nc1.c1ccc(-c2n[n-]c(-c3ccccn3)n2)nc1.c1ccc(-c2n[n-]c(-c3ccccn3)n2)nc1.c1ccc(-c2n[n-]c(-c3ccccn3)n2)nc1. The molecule has 0 saturated heterocycles. The van der Waals surface area contributed by atoms with Crippen molar-refractivity contribution in [3.05, 3.63) is 256 Å². The molecule has 12 aromatic heterocycles. The molecule has 0 atom stereocenters. The molecule has 0 bridgehead atoms. The topological polar surface area (TPSA) is 668 Å². The number of rotatable bonds is 8. The van der Waals surface area contributed by atoms with Gasteiger partial charge in [0.2, 0.25) is 0 Å². The Morgan fingerprint density at radius 3 is 0.520 bits per heavy atom. The quantitative estimate of drug-likeness (QED) is 0.156. The standard InChI is InChI=1S/4C12H8N5.2C2H4O2.4Dy.4NO3.2H2O/c4*1-3-7-13-9(5-1)11-15-12(17-16-11)10-6-2-4-8-14-10;2*1-2(3)4;;;;;4*2-1(3)4;;/h4*1-8H;2*1H3,(H,3,4);;;;;;;;;2*1H2/q4*-1;;;4*+3;4*-1;;/p-4. The van der Waals surface area contributed by atoms with Crippen molar-refractivity contribution in [2.45, 2.75) is 13.8 Å². The first-order valence-corrected chi connectivity index (χ1v) is 24.5. The zero-order chi connectivity index (χ0) is 67.5. The van der Waals surface area contributed by atoms with Crippen molar-refractivity contribution in [1.82, 2.24) is 101 Å². The van der Waals surface area contributed by atoms with Crippen LogP contribution >= 0.6 is 0 Å². The minimum absolute atomic E-state index is 0. The fourth-order valence-electron chi connectivity index (χ4n) is 5.79. The van der Waals surface area contributed by atoms with E-state index in [2.05, 4.69) is 101 Å². The van der Waals surface area contributed by atoms with Gasteiger partial charge in [0, 0.05) is 61.5 Å². The Bertz CT molecular complexity index is 3280. The predicted molar refractivity (Wildman–Crippen MR) is 314 cm³/mol. The number of aliphatic carboxylic acids is 2. The summed E-state index contributed by atoms with van der Waals surface area (Å²) in [5.41, 5.74) is 5.68. The first-order valence-electron chi connectivity index (χ1n) is 24.5. The van der Waals surface area contributed by atoms with Gasteiger partial charge >= 0.3 is 153 Å². The Balaban J connectivity index is -0.000000531. The van der Waals surface area contributed by atoms with Gasteiger partial charge in [-0.25, -0.2) is 0 Å². The Morgan fingerprint density at radius 1 is 0.286 bits per heavy atom. The summed E-state index contributed by atoms with van der Waals surface area (Å²) in [6, 6.07) is 44.6. The predicted octanol–water partition coefficient (Wildman–Crippen LogP) is 2.43. The molecule has 4 radical (unpaired) electrons.